The molecule has 0 aromatic heterocycles. The van der Waals surface area contributed by atoms with Gasteiger partial charge in [-0.25, -0.2) is 0 Å². The summed E-state index contributed by atoms with van der Waals surface area (Å²) in [6, 6.07) is 0. The standard InChI is InChI=1S/C5H13I/c1-4-5-6(2)3/h4-5H2,1-3H3. The molecule has 40 valence electrons. The van der Waals surface area contributed by atoms with Crippen LogP contribution >= 0.6 is 19.8 Å². The molecule has 0 spiro atoms. The van der Waals surface area contributed by atoms with E-state index in [4.69, 9.17) is 0 Å². The maximum absolute atomic E-state index is 2.41. The predicted octanol–water partition coefficient (Wildman–Crippen LogP) is 2.16. The zero-order chi connectivity index (χ0) is 4.99. The molecule has 0 aromatic rings. The van der Waals surface area contributed by atoms with E-state index in [-0.39, 0.29) is 19.8 Å². The average Bonchev–Trinajstić information content (AvgIpc) is 1.35. The summed E-state index contributed by atoms with van der Waals surface area (Å²) < 4.78 is 1.53. The van der Waals surface area contributed by atoms with Crippen molar-refractivity contribution in [2.24, 2.45) is 0 Å². The van der Waals surface area contributed by atoms with Gasteiger partial charge in [0.25, 0.3) is 0 Å². The molecule has 0 heterocycles. The zero-order valence-corrected chi connectivity index (χ0v) is 6.95. The van der Waals surface area contributed by atoms with Crippen LogP contribution in [0.5, 0.6) is 0 Å². The van der Waals surface area contributed by atoms with Crippen LogP contribution in [-0.2, 0) is 0 Å². The summed E-state index contributed by atoms with van der Waals surface area (Å²) in [6.07, 6.45) is 1.40. The molecule has 0 nitrogen and oxygen atoms in total. The van der Waals surface area contributed by atoms with Gasteiger partial charge in [0.05, 0.1) is 0 Å². The zero-order valence-electron chi connectivity index (χ0n) is 4.79. The molecular formula is C5H13I. The van der Waals surface area contributed by atoms with Crippen molar-refractivity contribution >= 4 is 19.8 Å². The first-order chi connectivity index (χ1) is 2.77. The van der Waals surface area contributed by atoms with E-state index in [1.165, 1.54) is 10.8 Å². The Bertz CT molecular complexity index is 25.1. The summed E-state index contributed by atoms with van der Waals surface area (Å²) in [4.78, 5) is 4.82. The van der Waals surface area contributed by atoms with Crippen molar-refractivity contribution < 1.29 is 0 Å². The normalized spacial score (nSPS) is 11.5. The number of alkyl halides is 3. The minimum atomic E-state index is -0.307. The number of hydrogen-bond donors (Lipinski definition) is 0. The van der Waals surface area contributed by atoms with Gasteiger partial charge in [0.15, 0.2) is 0 Å². The van der Waals surface area contributed by atoms with Crippen molar-refractivity contribution in [3.05, 3.63) is 0 Å². The molecule has 0 aliphatic carbocycles. The summed E-state index contributed by atoms with van der Waals surface area (Å²) in [5.74, 6) is 0. The fourth-order valence-corrected chi connectivity index (χ4v) is 2.54. The van der Waals surface area contributed by atoms with Crippen LogP contribution in [0.1, 0.15) is 13.3 Å². The molecule has 0 aliphatic rings. The molecule has 1 heteroatoms. The van der Waals surface area contributed by atoms with Gasteiger partial charge in [-0.2, -0.15) is 0 Å². The van der Waals surface area contributed by atoms with Crippen LogP contribution in [0.3, 0.4) is 0 Å². The first kappa shape index (κ1) is 6.73. The van der Waals surface area contributed by atoms with E-state index in [0.29, 0.717) is 0 Å². The van der Waals surface area contributed by atoms with Gasteiger partial charge < -0.3 is 0 Å². The van der Waals surface area contributed by atoms with Crippen LogP contribution in [0.15, 0.2) is 0 Å². The van der Waals surface area contributed by atoms with Crippen molar-refractivity contribution in [1.29, 1.82) is 0 Å². The monoisotopic (exact) mass is 200 g/mol. The van der Waals surface area contributed by atoms with Gasteiger partial charge in [-0.05, 0) is 0 Å². The molecule has 0 aliphatic heterocycles. The molecule has 0 bridgehead atoms. The second-order valence-corrected chi connectivity index (χ2v) is 7.89. The van der Waals surface area contributed by atoms with Crippen molar-refractivity contribution in [1.82, 2.24) is 0 Å². The molecule has 0 fully saturated rings. The van der Waals surface area contributed by atoms with Crippen LogP contribution < -0.4 is 0 Å². The summed E-state index contributed by atoms with van der Waals surface area (Å²) in [6.45, 7) is 2.26. The second kappa shape index (κ2) is 3.90. The molecular weight excluding hydrogens is 187 g/mol. The third kappa shape index (κ3) is 4.73. The van der Waals surface area contributed by atoms with E-state index in [1.807, 2.05) is 0 Å². The maximum atomic E-state index is 2.41. The van der Waals surface area contributed by atoms with Crippen LogP contribution in [-0.4, -0.2) is 14.3 Å². The third-order valence-corrected chi connectivity index (χ3v) is 3.80. The molecule has 0 aromatic carbocycles. The molecule has 0 unspecified atom stereocenters. The Morgan fingerprint density at radius 2 is 1.83 bits per heavy atom. The Kier molecular flexibility index (Phi) is 4.38. The average molecular weight is 200 g/mol. The summed E-state index contributed by atoms with van der Waals surface area (Å²) in [5.41, 5.74) is 0. The van der Waals surface area contributed by atoms with E-state index in [0.717, 1.165) is 0 Å². The van der Waals surface area contributed by atoms with E-state index >= 15 is 0 Å². The SMILES string of the molecule is CCCI(C)C. The first-order valence-corrected chi connectivity index (χ1v) is 8.07. The van der Waals surface area contributed by atoms with Crippen molar-refractivity contribution in [2.45, 2.75) is 13.3 Å². The minimum absolute atomic E-state index is 0.307. The van der Waals surface area contributed by atoms with E-state index in [2.05, 4.69) is 16.8 Å². The Morgan fingerprint density at radius 1 is 1.33 bits per heavy atom. The van der Waals surface area contributed by atoms with Crippen molar-refractivity contribution in [2.75, 3.05) is 14.3 Å². The molecule has 6 heavy (non-hydrogen) atoms. The van der Waals surface area contributed by atoms with E-state index in [9.17, 15) is 0 Å². The Balaban J connectivity index is 2.63. The fourth-order valence-electron chi connectivity index (χ4n) is 0.378. The van der Waals surface area contributed by atoms with Crippen molar-refractivity contribution in [3.8, 4) is 0 Å². The van der Waals surface area contributed by atoms with Gasteiger partial charge in [0, 0.05) is 0 Å². The van der Waals surface area contributed by atoms with Gasteiger partial charge in [0.1, 0.15) is 0 Å². The van der Waals surface area contributed by atoms with Crippen molar-refractivity contribution in [3.63, 3.8) is 0 Å². The molecule has 0 N–H and O–H groups in total. The third-order valence-electron chi connectivity index (χ3n) is 0.567. The number of rotatable bonds is 2. The van der Waals surface area contributed by atoms with Gasteiger partial charge in [0.2, 0.25) is 0 Å². The Morgan fingerprint density at radius 3 is 1.83 bits per heavy atom. The van der Waals surface area contributed by atoms with Crippen LogP contribution in [0.25, 0.3) is 0 Å². The Labute approximate surface area is 47.7 Å². The van der Waals surface area contributed by atoms with Crippen LogP contribution in [0, 0.1) is 0 Å². The molecule has 0 atom stereocenters. The van der Waals surface area contributed by atoms with Gasteiger partial charge >= 0.3 is 47.5 Å². The molecule has 0 rings (SSSR count). The summed E-state index contributed by atoms with van der Waals surface area (Å²) in [7, 11) is 0. The van der Waals surface area contributed by atoms with Gasteiger partial charge in [-0.1, -0.05) is 0 Å². The Hall–Kier alpha value is 0.730. The second-order valence-electron chi connectivity index (χ2n) is 1.60. The van der Waals surface area contributed by atoms with Crippen LogP contribution in [0.2, 0.25) is 0 Å². The molecule has 0 amide bonds. The van der Waals surface area contributed by atoms with Gasteiger partial charge in [-0.15, -0.1) is 0 Å². The predicted molar refractivity (Wildman–Crippen MR) is 41.0 cm³/mol. The summed E-state index contributed by atoms with van der Waals surface area (Å²) in [5, 5.41) is 0. The number of halogens is 1. The molecule has 0 saturated carbocycles. The van der Waals surface area contributed by atoms with E-state index < -0.39 is 0 Å². The van der Waals surface area contributed by atoms with E-state index in [1.54, 1.807) is 0 Å². The van der Waals surface area contributed by atoms with Gasteiger partial charge in [-0.3, -0.25) is 0 Å². The quantitative estimate of drug-likeness (QED) is 0.473. The van der Waals surface area contributed by atoms with Crippen LogP contribution in [0.4, 0.5) is 0 Å². The molecule has 0 saturated heterocycles. The molecule has 0 radical (unpaired) electrons. The summed E-state index contributed by atoms with van der Waals surface area (Å²) >= 11 is -0.307. The number of hydrogen-bond acceptors (Lipinski definition) is 0. The fraction of sp³-hybridized carbons (Fsp3) is 1.00. The first-order valence-electron chi connectivity index (χ1n) is 2.23. The topological polar surface area (TPSA) is 0 Å².